The molecule has 6 nitrogen and oxygen atoms in total. The second kappa shape index (κ2) is 11.3. The van der Waals surface area contributed by atoms with Crippen LogP contribution in [0, 0.1) is 11.8 Å². The van der Waals surface area contributed by atoms with Crippen molar-refractivity contribution in [3.05, 3.63) is 64.7 Å². The van der Waals surface area contributed by atoms with E-state index in [2.05, 4.69) is 24.5 Å². The number of rotatable bonds is 9. The predicted octanol–water partition coefficient (Wildman–Crippen LogP) is 6.38. The summed E-state index contributed by atoms with van der Waals surface area (Å²) in [6.45, 7) is 8.61. The molecule has 0 unspecified atom stereocenters. The van der Waals surface area contributed by atoms with E-state index in [-0.39, 0.29) is 29.6 Å². The van der Waals surface area contributed by atoms with Crippen molar-refractivity contribution in [2.75, 3.05) is 17.2 Å². The van der Waals surface area contributed by atoms with Gasteiger partial charge in [0.05, 0.1) is 0 Å². The lowest BCUT2D eigenvalue weighted by atomic mass is 10.0. The molecule has 1 heterocycles. The number of nitrogens with zero attached hydrogens (tertiary/aromatic N) is 1. The Balaban J connectivity index is 1.54. The van der Waals surface area contributed by atoms with Crippen LogP contribution in [0.2, 0.25) is 0 Å². The summed E-state index contributed by atoms with van der Waals surface area (Å²) < 4.78 is 0. The van der Waals surface area contributed by atoms with E-state index in [1.807, 2.05) is 62.4 Å². The Bertz CT molecular complexity index is 1150. The first kappa shape index (κ1) is 26.0. The van der Waals surface area contributed by atoms with Crippen molar-refractivity contribution >= 4 is 40.9 Å². The van der Waals surface area contributed by atoms with E-state index in [4.69, 9.17) is 0 Å². The third-order valence-electron chi connectivity index (χ3n) is 6.59. The normalized spacial score (nSPS) is 16.6. The van der Waals surface area contributed by atoms with E-state index in [1.165, 1.54) is 22.2 Å². The fraction of sp³-hybridized carbons (Fsp3) is 0.414. The summed E-state index contributed by atoms with van der Waals surface area (Å²) in [5.41, 5.74) is 3.02. The van der Waals surface area contributed by atoms with Gasteiger partial charge >= 0.3 is 0 Å². The monoisotopic (exact) mass is 505 g/mol. The van der Waals surface area contributed by atoms with Crippen LogP contribution in [0.5, 0.6) is 0 Å². The van der Waals surface area contributed by atoms with Gasteiger partial charge < -0.3 is 10.6 Å². The zero-order valence-electron chi connectivity index (χ0n) is 21.5. The highest BCUT2D eigenvalue weighted by molar-refractivity contribution is 8.04. The van der Waals surface area contributed by atoms with Gasteiger partial charge in [0.15, 0.2) is 0 Å². The molecular weight excluding hydrogens is 470 g/mol. The minimum Gasteiger partial charge on any atom is -0.350 e. The molecule has 36 heavy (non-hydrogen) atoms. The Labute approximate surface area is 217 Å². The van der Waals surface area contributed by atoms with Crippen molar-refractivity contribution in [2.45, 2.75) is 64.2 Å². The summed E-state index contributed by atoms with van der Waals surface area (Å²) in [6.07, 6.45) is 4.13. The fourth-order valence-electron chi connectivity index (χ4n) is 4.54. The summed E-state index contributed by atoms with van der Waals surface area (Å²) >= 11 is 1.27. The van der Waals surface area contributed by atoms with Gasteiger partial charge in [0.1, 0.15) is 10.6 Å². The quantitative estimate of drug-likeness (QED) is 0.387. The number of anilines is 2. The first-order valence-electron chi connectivity index (χ1n) is 12.8. The van der Waals surface area contributed by atoms with Crippen molar-refractivity contribution in [3.63, 3.8) is 0 Å². The summed E-state index contributed by atoms with van der Waals surface area (Å²) in [5, 5.41) is 6.22. The molecule has 2 aromatic rings. The minimum absolute atomic E-state index is 0.0754. The smallest absolute Gasteiger partial charge is 0.278 e. The Morgan fingerprint density at radius 2 is 1.53 bits per heavy atom. The molecule has 2 N–H and O–H groups in total. The zero-order valence-corrected chi connectivity index (χ0v) is 22.3. The molecule has 7 heteroatoms. The Morgan fingerprint density at radius 3 is 2.11 bits per heavy atom. The lowest BCUT2D eigenvalue weighted by molar-refractivity contribution is -0.137. The standard InChI is InChI=1S/C29H35N3O3S/c1-18(2)17-32-28(34)25(30-22-11-9-20(10-12-22)19(3)4)26(29(32)35)36-24-15-13-23(14-16-24)31-27(33)21-7-5-6-8-21/h9-16,18-19,21,30H,5-8,17H2,1-4H3,(H,31,33). The van der Waals surface area contributed by atoms with Crippen LogP contribution in [0.3, 0.4) is 0 Å². The van der Waals surface area contributed by atoms with Gasteiger partial charge in [-0.1, -0.05) is 64.4 Å². The number of benzene rings is 2. The number of amides is 3. The highest BCUT2D eigenvalue weighted by Gasteiger charge is 2.39. The van der Waals surface area contributed by atoms with Gasteiger partial charge in [-0.15, -0.1) is 0 Å². The van der Waals surface area contributed by atoms with E-state index < -0.39 is 0 Å². The molecule has 1 fully saturated rings. The molecule has 2 aromatic carbocycles. The van der Waals surface area contributed by atoms with Gasteiger partial charge in [-0.25, -0.2) is 0 Å². The molecule has 0 atom stereocenters. The van der Waals surface area contributed by atoms with Crippen LogP contribution in [0.15, 0.2) is 64.0 Å². The second-order valence-electron chi connectivity index (χ2n) is 10.3. The summed E-state index contributed by atoms with van der Waals surface area (Å²) in [7, 11) is 0. The number of hydrogen-bond acceptors (Lipinski definition) is 5. The molecule has 2 aliphatic rings. The van der Waals surface area contributed by atoms with Crippen LogP contribution in [-0.2, 0) is 14.4 Å². The molecule has 0 saturated heterocycles. The molecule has 0 aromatic heterocycles. The van der Waals surface area contributed by atoms with Crippen LogP contribution in [0.4, 0.5) is 11.4 Å². The van der Waals surface area contributed by atoms with E-state index in [0.29, 0.717) is 23.1 Å². The average molecular weight is 506 g/mol. The Hall–Kier alpha value is -3.06. The number of carbonyl (C=O) groups excluding carboxylic acids is 3. The number of nitrogens with one attached hydrogen (secondary N) is 2. The van der Waals surface area contributed by atoms with Crippen molar-refractivity contribution in [2.24, 2.45) is 11.8 Å². The van der Waals surface area contributed by atoms with Crippen LogP contribution >= 0.6 is 11.8 Å². The number of thioether (sulfide) groups is 1. The number of hydrogen-bond donors (Lipinski definition) is 2. The van der Waals surface area contributed by atoms with Gasteiger partial charge in [-0.2, -0.15) is 0 Å². The van der Waals surface area contributed by atoms with Gasteiger partial charge in [-0.3, -0.25) is 19.3 Å². The first-order valence-corrected chi connectivity index (χ1v) is 13.6. The Morgan fingerprint density at radius 1 is 0.917 bits per heavy atom. The van der Waals surface area contributed by atoms with Gasteiger partial charge in [0.2, 0.25) is 5.91 Å². The summed E-state index contributed by atoms with van der Waals surface area (Å²) in [5.74, 6) is 0.166. The molecule has 4 rings (SSSR count). The highest BCUT2D eigenvalue weighted by Crippen LogP contribution is 2.37. The minimum atomic E-state index is -0.301. The first-order chi connectivity index (χ1) is 17.2. The maximum atomic E-state index is 13.3. The maximum absolute atomic E-state index is 13.3. The molecule has 0 radical (unpaired) electrons. The Kier molecular flexibility index (Phi) is 8.19. The van der Waals surface area contributed by atoms with Crippen molar-refractivity contribution in [1.82, 2.24) is 4.90 Å². The van der Waals surface area contributed by atoms with E-state index in [0.717, 1.165) is 42.0 Å². The van der Waals surface area contributed by atoms with Crippen LogP contribution in [-0.4, -0.2) is 29.2 Å². The lowest BCUT2D eigenvalue weighted by Gasteiger charge is -2.17. The third kappa shape index (κ3) is 6.01. The number of carbonyl (C=O) groups is 3. The van der Waals surface area contributed by atoms with Crippen LogP contribution < -0.4 is 10.6 Å². The van der Waals surface area contributed by atoms with E-state index >= 15 is 0 Å². The van der Waals surface area contributed by atoms with Gasteiger partial charge in [-0.05, 0) is 66.6 Å². The molecule has 1 aliphatic heterocycles. The third-order valence-corrected chi connectivity index (χ3v) is 7.68. The molecule has 190 valence electrons. The maximum Gasteiger partial charge on any atom is 0.278 e. The molecule has 1 saturated carbocycles. The van der Waals surface area contributed by atoms with E-state index in [1.54, 1.807) is 0 Å². The van der Waals surface area contributed by atoms with Gasteiger partial charge in [0.25, 0.3) is 11.8 Å². The van der Waals surface area contributed by atoms with Crippen LogP contribution in [0.25, 0.3) is 0 Å². The zero-order chi connectivity index (χ0) is 25.8. The average Bonchev–Trinajstić information content (AvgIpc) is 3.46. The fourth-order valence-corrected chi connectivity index (χ4v) is 5.49. The number of imide groups is 1. The predicted molar refractivity (Wildman–Crippen MR) is 146 cm³/mol. The van der Waals surface area contributed by atoms with Crippen molar-refractivity contribution < 1.29 is 14.4 Å². The van der Waals surface area contributed by atoms with Crippen LogP contribution in [0.1, 0.15) is 64.9 Å². The molecule has 3 amide bonds. The topological polar surface area (TPSA) is 78.5 Å². The highest BCUT2D eigenvalue weighted by atomic mass is 32.2. The van der Waals surface area contributed by atoms with Crippen molar-refractivity contribution in [1.29, 1.82) is 0 Å². The van der Waals surface area contributed by atoms with E-state index in [9.17, 15) is 14.4 Å². The molecular formula is C29H35N3O3S. The SMILES string of the molecule is CC(C)CN1C(=O)C(Nc2ccc(C(C)C)cc2)=C(Sc2ccc(NC(=O)C3CCCC3)cc2)C1=O. The lowest BCUT2D eigenvalue weighted by Crippen LogP contribution is -2.35. The van der Waals surface area contributed by atoms with Gasteiger partial charge in [0, 0.05) is 28.7 Å². The molecule has 0 spiro atoms. The van der Waals surface area contributed by atoms with Crippen molar-refractivity contribution in [3.8, 4) is 0 Å². The summed E-state index contributed by atoms with van der Waals surface area (Å²) in [6, 6.07) is 15.4. The second-order valence-corrected chi connectivity index (χ2v) is 11.4. The molecule has 0 bridgehead atoms. The summed E-state index contributed by atoms with van der Waals surface area (Å²) in [4.78, 5) is 41.5. The molecule has 1 aliphatic carbocycles. The largest absolute Gasteiger partial charge is 0.350 e.